The lowest BCUT2D eigenvalue weighted by molar-refractivity contribution is -0.140. The van der Waals surface area contributed by atoms with Gasteiger partial charge in [0.05, 0.1) is 44.9 Å². The van der Waals surface area contributed by atoms with Crippen LogP contribution < -0.4 is 20.9 Å². The van der Waals surface area contributed by atoms with Crippen LogP contribution in [0.2, 0.25) is 0 Å². The summed E-state index contributed by atoms with van der Waals surface area (Å²) in [6, 6.07) is 9.95. The number of nitrogens with one attached hydrogen (secondary N) is 3. The van der Waals surface area contributed by atoms with Gasteiger partial charge < -0.3 is 25.4 Å². The molecule has 48 heavy (non-hydrogen) atoms. The van der Waals surface area contributed by atoms with Crippen LogP contribution in [0.4, 0.5) is 0 Å². The van der Waals surface area contributed by atoms with E-state index in [-0.39, 0.29) is 77.6 Å². The van der Waals surface area contributed by atoms with Gasteiger partial charge in [0.15, 0.2) is 0 Å². The molecule has 1 unspecified atom stereocenters. The van der Waals surface area contributed by atoms with Crippen LogP contribution in [0.25, 0.3) is 10.8 Å². The van der Waals surface area contributed by atoms with Crippen LogP contribution in [0, 0.1) is 0 Å². The Labute approximate surface area is 277 Å². The molecule has 1 heterocycles. The van der Waals surface area contributed by atoms with E-state index >= 15 is 0 Å². The van der Waals surface area contributed by atoms with Gasteiger partial charge >= 0.3 is 17.9 Å². The predicted octanol–water partition coefficient (Wildman–Crippen LogP) is -1.41. The van der Waals surface area contributed by atoms with Crippen LogP contribution in [0.15, 0.2) is 36.4 Å². The molecule has 17 heteroatoms. The number of hydrazine groups is 1. The molecule has 3 rings (SSSR count). The van der Waals surface area contributed by atoms with E-state index in [1.807, 2.05) is 24.3 Å². The number of hydrogen-bond donors (Lipinski definition) is 6. The molecule has 3 amide bonds. The van der Waals surface area contributed by atoms with Gasteiger partial charge in [-0.05, 0) is 29.8 Å². The van der Waals surface area contributed by atoms with E-state index < -0.39 is 48.2 Å². The number of rotatable bonds is 12. The van der Waals surface area contributed by atoms with E-state index in [2.05, 4.69) is 16.2 Å². The van der Waals surface area contributed by atoms with Crippen LogP contribution >= 0.6 is 0 Å². The lowest BCUT2D eigenvalue weighted by Gasteiger charge is -2.35. The molecule has 17 nitrogen and oxygen atoms in total. The van der Waals surface area contributed by atoms with Crippen molar-refractivity contribution in [3.63, 3.8) is 0 Å². The minimum atomic E-state index is -1.06. The number of benzene rings is 2. The fourth-order valence-corrected chi connectivity index (χ4v) is 5.27. The number of ether oxygens (including phenoxy) is 1. The van der Waals surface area contributed by atoms with Crippen LogP contribution in [0.5, 0.6) is 5.75 Å². The molecule has 0 bridgehead atoms. The average molecular weight is 674 g/mol. The summed E-state index contributed by atoms with van der Waals surface area (Å²) < 4.78 is 5.34. The summed E-state index contributed by atoms with van der Waals surface area (Å²) in [5.74, 6) is -4.68. The largest absolute Gasteiger partial charge is 0.496 e. The summed E-state index contributed by atoms with van der Waals surface area (Å²) in [5.41, 5.74) is 4.80. The average Bonchev–Trinajstić information content (AvgIpc) is 3.04. The van der Waals surface area contributed by atoms with Crippen molar-refractivity contribution < 1.29 is 48.8 Å². The van der Waals surface area contributed by atoms with E-state index in [9.17, 15) is 44.1 Å². The SMILES string of the molecule is COc1cc2ccccc2cc1C(=O)NNC(=O)CNC(=O)C(C)N1CCN(CC(=O)O)CCN(CC(=O)O)CCN(CC(=O)O)CC1. The second kappa shape index (κ2) is 18.5. The first-order valence-electron chi connectivity index (χ1n) is 15.4. The van der Waals surface area contributed by atoms with Gasteiger partial charge in [0.1, 0.15) is 5.75 Å². The van der Waals surface area contributed by atoms with Gasteiger partial charge in [0.2, 0.25) is 5.91 Å². The number of carboxylic acids is 3. The summed E-state index contributed by atoms with van der Waals surface area (Å²) in [4.78, 5) is 79.6. The van der Waals surface area contributed by atoms with Crippen LogP contribution in [-0.4, -0.2) is 162 Å². The summed E-state index contributed by atoms with van der Waals surface area (Å²) in [7, 11) is 1.43. The summed E-state index contributed by atoms with van der Waals surface area (Å²) >= 11 is 0. The standard InChI is InChI=1S/C31H43N7O10/c1-21(30(46)32-17-26(39)33-34-31(47)24-15-22-5-3-4-6-23(22)16-25(24)48-2)38-13-11-36(19-28(42)43)9-7-35(18-27(40)41)8-10-37(12-14-38)20-29(44)45/h3-6,15-16,21H,7-14,17-20H2,1-2H3,(H,32,46)(H,33,39)(H,34,47)(H,40,41)(H,42,43)(H,44,45). The maximum absolute atomic E-state index is 13.1. The summed E-state index contributed by atoms with van der Waals surface area (Å²) in [5, 5.41) is 32.4. The highest BCUT2D eigenvalue weighted by Gasteiger charge is 2.26. The number of amides is 3. The van der Waals surface area contributed by atoms with Crippen LogP contribution in [0.1, 0.15) is 17.3 Å². The number of carbonyl (C=O) groups is 6. The maximum Gasteiger partial charge on any atom is 0.317 e. The van der Waals surface area contributed by atoms with Crippen LogP contribution in [-0.2, 0) is 24.0 Å². The fourth-order valence-electron chi connectivity index (χ4n) is 5.27. The minimum Gasteiger partial charge on any atom is -0.496 e. The number of fused-ring (bicyclic) bond motifs is 1. The quantitative estimate of drug-likeness (QED) is 0.143. The second-order valence-electron chi connectivity index (χ2n) is 11.3. The molecule has 1 aliphatic rings. The molecule has 1 saturated heterocycles. The predicted molar refractivity (Wildman–Crippen MR) is 172 cm³/mol. The van der Waals surface area contributed by atoms with Crippen molar-refractivity contribution in [2.45, 2.75) is 13.0 Å². The zero-order valence-corrected chi connectivity index (χ0v) is 27.0. The van der Waals surface area contributed by atoms with Crippen molar-refractivity contribution in [1.29, 1.82) is 0 Å². The number of hydrogen-bond acceptors (Lipinski definition) is 11. The Bertz CT molecular complexity index is 1440. The van der Waals surface area contributed by atoms with Crippen LogP contribution in [0.3, 0.4) is 0 Å². The highest BCUT2D eigenvalue weighted by Crippen LogP contribution is 2.25. The van der Waals surface area contributed by atoms with Gasteiger partial charge in [-0.25, -0.2) is 0 Å². The molecule has 2 aromatic carbocycles. The number of methoxy groups -OCH3 is 1. The van der Waals surface area contributed by atoms with Gasteiger partial charge in [0.25, 0.3) is 11.8 Å². The number of carbonyl (C=O) groups excluding carboxylic acids is 3. The number of aliphatic carboxylic acids is 3. The Balaban J connectivity index is 1.62. The molecular formula is C31H43N7O10. The van der Waals surface area contributed by atoms with Gasteiger partial charge in [0, 0.05) is 52.4 Å². The van der Waals surface area contributed by atoms with Gasteiger partial charge in [-0.2, -0.15) is 0 Å². The molecule has 0 aromatic heterocycles. The smallest absolute Gasteiger partial charge is 0.317 e. The van der Waals surface area contributed by atoms with Gasteiger partial charge in [-0.3, -0.25) is 59.2 Å². The van der Waals surface area contributed by atoms with Crippen molar-refractivity contribution in [3.8, 4) is 5.75 Å². The lowest BCUT2D eigenvalue weighted by Crippen LogP contribution is -2.54. The third-order valence-corrected chi connectivity index (χ3v) is 7.93. The Morgan fingerprint density at radius 2 is 1.19 bits per heavy atom. The minimum absolute atomic E-state index is 0.202. The molecular weight excluding hydrogens is 630 g/mol. The van der Waals surface area contributed by atoms with Crippen molar-refractivity contribution in [2.24, 2.45) is 0 Å². The monoisotopic (exact) mass is 673 g/mol. The normalized spacial score (nSPS) is 16.5. The lowest BCUT2D eigenvalue weighted by atomic mass is 10.1. The molecule has 2 aromatic rings. The Morgan fingerprint density at radius 3 is 1.65 bits per heavy atom. The summed E-state index contributed by atoms with van der Waals surface area (Å²) in [6.45, 7) is 2.19. The van der Waals surface area contributed by atoms with Crippen molar-refractivity contribution in [1.82, 2.24) is 35.8 Å². The third kappa shape index (κ3) is 12.1. The molecule has 1 fully saturated rings. The maximum atomic E-state index is 13.1. The number of carboxylic acid groups (broad SMARTS) is 3. The molecule has 1 aliphatic heterocycles. The molecule has 0 radical (unpaired) electrons. The van der Waals surface area contributed by atoms with Crippen molar-refractivity contribution in [2.75, 3.05) is 85.6 Å². The molecule has 0 aliphatic carbocycles. The Morgan fingerprint density at radius 1 is 0.729 bits per heavy atom. The van der Waals surface area contributed by atoms with E-state index in [1.54, 1.807) is 38.7 Å². The first-order chi connectivity index (χ1) is 22.9. The van der Waals surface area contributed by atoms with E-state index in [0.29, 0.717) is 5.75 Å². The van der Waals surface area contributed by atoms with Gasteiger partial charge in [-0.15, -0.1) is 0 Å². The topological polar surface area (TPSA) is 221 Å². The molecule has 262 valence electrons. The summed E-state index contributed by atoms with van der Waals surface area (Å²) in [6.07, 6.45) is 0. The number of nitrogens with zero attached hydrogens (tertiary/aromatic N) is 4. The van der Waals surface area contributed by atoms with E-state index in [4.69, 9.17) is 4.74 Å². The first-order valence-corrected chi connectivity index (χ1v) is 15.4. The fraction of sp³-hybridized carbons (Fsp3) is 0.484. The van der Waals surface area contributed by atoms with Crippen molar-refractivity contribution >= 4 is 46.4 Å². The molecule has 0 spiro atoms. The highest BCUT2D eigenvalue weighted by atomic mass is 16.5. The Hall–Kier alpha value is -4.84. The first kappa shape index (κ1) is 37.6. The van der Waals surface area contributed by atoms with E-state index in [1.165, 1.54) is 7.11 Å². The highest BCUT2D eigenvalue weighted by molar-refractivity contribution is 6.02. The molecule has 0 saturated carbocycles. The Kier molecular flexibility index (Phi) is 14.5. The molecule has 6 N–H and O–H groups in total. The third-order valence-electron chi connectivity index (χ3n) is 7.93. The zero-order chi connectivity index (χ0) is 35.2. The zero-order valence-electron chi connectivity index (χ0n) is 27.0. The van der Waals surface area contributed by atoms with Gasteiger partial charge in [-0.1, -0.05) is 24.3 Å². The molecule has 1 atom stereocenters. The van der Waals surface area contributed by atoms with E-state index in [0.717, 1.165) is 10.8 Å². The second-order valence-corrected chi connectivity index (χ2v) is 11.3. The van der Waals surface area contributed by atoms with Crippen molar-refractivity contribution in [3.05, 3.63) is 42.0 Å².